The smallest absolute Gasteiger partial charge is 0.269 e. The van der Waals surface area contributed by atoms with E-state index in [1.807, 2.05) is 6.07 Å². The average Bonchev–Trinajstić information content (AvgIpc) is 3.11. The summed E-state index contributed by atoms with van der Waals surface area (Å²) >= 11 is 12.4. The van der Waals surface area contributed by atoms with Gasteiger partial charge in [-0.2, -0.15) is 4.98 Å². The van der Waals surface area contributed by atoms with Crippen LogP contribution in [0.15, 0.2) is 53.1 Å². The summed E-state index contributed by atoms with van der Waals surface area (Å²) in [6.07, 6.45) is 1.63. The summed E-state index contributed by atoms with van der Waals surface area (Å²) in [6, 6.07) is 13.8. The SMILES string of the molecule is O=C([O-])COc1ccc(/C=C(\Cl)c2nc(-c3ccccc3Cl)no2)cc1. The Morgan fingerprint density at radius 2 is 1.92 bits per heavy atom. The quantitative estimate of drug-likeness (QED) is 0.642. The molecule has 0 amide bonds. The molecule has 0 fully saturated rings. The Balaban J connectivity index is 1.76. The van der Waals surface area contributed by atoms with Crippen LogP contribution < -0.4 is 9.84 Å². The lowest BCUT2D eigenvalue weighted by Gasteiger charge is -2.06. The Hall–Kier alpha value is -2.83. The molecule has 0 saturated heterocycles. The lowest BCUT2D eigenvalue weighted by Crippen LogP contribution is -2.28. The van der Waals surface area contributed by atoms with E-state index >= 15 is 0 Å². The zero-order chi connectivity index (χ0) is 18.5. The van der Waals surface area contributed by atoms with Gasteiger partial charge in [0.2, 0.25) is 5.82 Å². The Labute approximate surface area is 158 Å². The average molecular weight is 390 g/mol. The highest BCUT2D eigenvalue weighted by molar-refractivity contribution is 6.50. The lowest BCUT2D eigenvalue weighted by molar-refractivity contribution is -0.307. The van der Waals surface area contributed by atoms with Gasteiger partial charge in [0, 0.05) is 5.56 Å². The van der Waals surface area contributed by atoms with Gasteiger partial charge < -0.3 is 19.2 Å². The van der Waals surface area contributed by atoms with E-state index in [1.165, 1.54) is 0 Å². The van der Waals surface area contributed by atoms with Crippen molar-refractivity contribution >= 4 is 40.3 Å². The van der Waals surface area contributed by atoms with Crippen LogP contribution in [0, 0.1) is 0 Å². The maximum absolute atomic E-state index is 10.4. The standard InChI is InChI=1S/C18H12Cl2N2O4/c19-14-4-2-1-3-13(14)17-21-18(26-22-17)15(20)9-11-5-7-12(8-6-11)25-10-16(23)24/h1-9H,10H2,(H,23,24)/p-1/b15-9-. The molecule has 0 radical (unpaired) electrons. The highest BCUT2D eigenvalue weighted by atomic mass is 35.5. The normalized spacial score (nSPS) is 11.4. The maximum atomic E-state index is 10.4. The fourth-order valence-corrected chi connectivity index (χ4v) is 2.51. The molecule has 1 heterocycles. The number of carbonyl (C=O) groups is 1. The molecule has 2 aromatic carbocycles. The number of halogens is 2. The van der Waals surface area contributed by atoms with E-state index in [2.05, 4.69) is 10.1 Å². The molecule has 0 spiro atoms. The van der Waals surface area contributed by atoms with Gasteiger partial charge in [-0.05, 0) is 35.9 Å². The van der Waals surface area contributed by atoms with Crippen molar-refractivity contribution < 1.29 is 19.2 Å². The Morgan fingerprint density at radius 1 is 1.19 bits per heavy atom. The maximum Gasteiger partial charge on any atom is 0.269 e. The van der Waals surface area contributed by atoms with Crippen LogP contribution >= 0.6 is 23.2 Å². The number of aromatic nitrogens is 2. The van der Waals surface area contributed by atoms with Crippen LogP contribution in [-0.2, 0) is 4.79 Å². The minimum atomic E-state index is -1.29. The van der Waals surface area contributed by atoms with Crippen LogP contribution in [0.3, 0.4) is 0 Å². The number of rotatable bonds is 6. The van der Waals surface area contributed by atoms with Gasteiger partial charge >= 0.3 is 0 Å². The van der Waals surface area contributed by atoms with Crippen molar-refractivity contribution in [1.82, 2.24) is 10.1 Å². The number of carboxylic acid groups (broad SMARTS) is 1. The van der Waals surface area contributed by atoms with E-state index in [4.69, 9.17) is 32.5 Å². The first-order chi connectivity index (χ1) is 12.5. The van der Waals surface area contributed by atoms with Crippen LogP contribution in [0.25, 0.3) is 22.5 Å². The van der Waals surface area contributed by atoms with E-state index in [0.29, 0.717) is 22.2 Å². The fourth-order valence-electron chi connectivity index (χ4n) is 2.08. The van der Waals surface area contributed by atoms with Crippen LogP contribution in [0.2, 0.25) is 5.02 Å². The summed E-state index contributed by atoms with van der Waals surface area (Å²) in [6.45, 7) is -0.511. The van der Waals surface area contributed by atoms with E-state index in [1.54, 1.807) is 48.5 Å². The van der Waals surface area contributed by atoms with Gasteiger partial charge in [-0.1, -0.05) is 52.6 Å². The highest BCUT2D eigenvalue weighted by Crippen LogP contribution is 2.28. The van der Waals surface area contributed by atoms with Gasteiger partial charge in [0.15, 0.2) is 0 Å². The van der Waals surface area contributed by atoms with Crippen molar-refractivity contribution in [3.8, 4) is 17.1 Å². The number of ether oxygens (including phenoxy) is 1. The van der Waals surface area contributed by atoms with Crippen LogP contribution in [-0.4, -0.2) is 22.7 Å². The van der Waals surface area contributed by atoms with Crippen LogP contribution in [0.5, 0.6) is 5.75 Å². The molecule has 1 aromatic heterocycles. The number of nitrogens with zero attached hydrogens (tertiary/aromatic N) is 2. The van der Waals surface area contributed by atoms with Crippen LogP contribution in [0.1, 0.15) is 11.5 Å². The van der Waals surface area contributed by atoms with Gasteiger partial charge in [-0.25, -0.2) is 0 Å². The summed E-state index contributed by atoms with van der Waals surface area (Å²) in [7, 11) is 0. The molecule has 0 aliphatic rings. The van der Waals surface area contributed by atoms with Crippen molar-refractivity contribution in [2.24, 2.45) is 0 Å². The summed E-state index contributed by atoms with van der Waals surface area (Å²) < 4.78 is 10.2. The zero-order valence-electron chi connectivity index (χ0n) is 13.2. The molecule has 3 aromatic rings. The predicted octanol–water partition coefficient (Wildman–Crippen LogP) is 3.26. The van der Waals surface area contributed by atoms with Gasteiger partial charge in [-0.15, -0.1) is 0 Å². The minimum absolute atomic E-state index is 0.152. The number of hydrogen-bond acceptors (Lipinski definition) is 6. The van der Waals surface area contributed by atoms with E-state index < -0.39 is 12.6 Å². The molecule has 0 N–H and O–H groups in total. The molecular weight excluding hydrogens is 379 g/mol. The van der Waals surface area contributed by atoms with Gasteiger partial charge in [-0.3, -0.25) is 0 Å². The Morgan fingerprint density at radius 3 is 2.62 bits per heavy atom. The fraction of sp³-hybridized carbons (Fsp3) is 0.0556. The molecule has 0 aliphatic carbocycles. The monoisotopic (exact) mass is 389 g/mol. The summed E-state index contributed by atoms with van der Waals surface area (Å²) in [5, 5.41) is 15.0. The lowest BCUT2D eigenvalue weighted by atomic mass is 10.2. The van der Waals surface area contributed by atoms with Gasteiger partial charge in [0.1, 0.15) is 17.4 Å². The molecule has 8 heteroatoms. The second-order valence-electron chi connectivity index (χ2n) is 5.12. The van der Waals surface area contributed by atoms with E-state index in [9.17, 15) is 9.90 Å². The molecule has 6 nitrogen and oxygen atoms in total. The molecule has 0 atom stereocenters. The molecule has 0 bridgehead atoms. The van der Waals surface area contributed by atoms with E-state index in [-0.39, 0.29) is 10.9 Å². The number of carbonyl (C=O) groups excluding carboxylic acids is 1. The summed E-state index contributed by atoms with van der Waals surface area (Å²) in [4.78, 5) is 14.6. The van der Waals surface area contributed by atoms with Gasteiger partial charge in [0.05, 0.1) is 11.0 Å². The number of benzene rings is 2. The number of carboxylic acids is 1. The van der Waals surface area contributed by atoms with Crippen molar-refractivity contribution in [2.45, 2.75) is 0 Å². The highest BCUT2D eigenvalue weighted by Gasteiger charge is 2.13. The number of aliphatic carboxylic acids is 1. The second-order valence-corrected chi connectivity index (χ2v) is 5.94. The zero-order valence-corrected chi connectivity index (χ0v) is 14.7. The third kappa shape index (κ3) is 4.41. The molecule has 3 rings (SSSR count). The molecule has 0 saturated carbocycles. The van der Waals surface area contributed by atoms with Gasteiger partial charge in [0.25, 0.3) is 5.89 Å². The topological polar surface area (TPSA) is 88.3 Å². The first-order valence-electron chi connectivity index (χ1n) is 7.42. The molecule has 26 heavy (non-hydrogen) atoms. The van der Waals surface area contributed by atoms with Crippen molar-refractivity contribution in [2.75, 3.05) is 6.61 Å². The molecular formula is C18H11Cl2N2O4-. The Bertz CT molecular complexity index is 952. The third-order valence-corrected chi connectivity index (χ3v) is 3.88. The summed E-state index contributed by atoms with van der Waals surface area (Å²) in [5.74, 6) is -0.397. The molecule has 0 aliphatic heterocycles. The summed E-state index contributed by atoms with van der Waals surface area (Å²) in [5.41, 5.74) is 1.39. The first-order valence-corrected chi connectivity index (χ1v) is 8.17. The second kappa shape index (κ2) is 8.03. The third-order valence-electron chi connectivity index (χ3n) is 3.28. The predicted molar refractivity (Wildman–Crippen MR) is 95.4 cm³/mol. The van der Waals surface area contributed by atoms with Crippen molar-refractivity contribution in [1.29, 1.82) is 0 Å². The van der Waals surface area contributed by atoms with E-state index in [0.717, 1.165) is 5.56 Å². The number of hydrogen-bond donors (Lipinski definition) is 0. The van der Waals surface area contributed by atoms with Crippen molar-refractivity contribution in [3.63, 3.8) is 0 Å². The molecule has 132 valence electrons. The first kappa shape index (κ1) is 18.0. The van der Waals surface area contributed by atoms with Crippen LogP contribution in [0.4, 0.5) is 0 Å². The molecule has 0 unspecified atom stereocenters. The minimum Gasteiger partial charge on any atom is -0.546 e. The largest absolute Gasteiger partial charge is 0.546 e. The van der Waals surface area contributed by atoms with Crippen molar-refractivity contribution in [3.05, 3.63) is 65.0 Å². The Kier molecular flexibility index (Phi) is 5.55.